The Labute approximate surface area is 183 Å². The summed E-state index contributed by atoms with van der Waals surface area (Å²) in [6.07, 6.45) is -0.199. The summed E-state index contributed by atoms with van der Waals surface area (Å²) in [4.78, 5) is 33.8. The van der Waals surface area contributed by atoms with E-state index in [1.807, 2.05) is 31.2 Å². The number of amides is 2. The van der Waals surface area contributed by atoms with Crippen LogP contribution in [-0.4, -0.2) is 40.8 Å². The van der Waals surface area contributed by atoms with E-state index in [0.717, 1.165) is 11.1 Å². The molecule has 8 nitrogen and oxygen atoms in total. The lowest BCUT2D eigenvalue weighted by atomic mass is 10.1. The van der Waals surface area contributed by atoms with E-state index in [1.54, 1.807) is 20.8 Å². The molecule has 0 unspecified atom stereocenters. The van der Waals surface area contributed by atoms with Gasteiger partial charge in [-0.05, 0) is 51.8 Å². The molecule has 0 radical (unpaired) electrons. The van der Waals surface area contributed by atoms with Crippen LogP contribution in [0.2, 0.25) is 0 Å². The lowest BCUT2D eigenvalue weighted by Gasteiger charge is -2.27. The van der Waals surface area contributed by atoms with Gasteiger partial charge in [-0.2, -0.15) is 0 Å². The number of primary amides is 1. The molecular weight excluding hydrogens is 400 g/mol. The fourth-order valence-corrected chi connectivity index (χ4v) is 2.54. The van der Waals surface area contributed by atoms with Crippen LogP contribution >= 0.6 is 0 Å². The number of ether oxygens (including phenoxy) is 2. The molecule has 2 atom stereocenters. The van der Waals surface area contributed by atoms with Crippen LogP contribution < -0.4 is 11.1 Å². The molecule has 0 heterocycles. The molecule has 170 valence electrons. The van der Waals surface area contributed by atoms with Crippen LogP contribution in [0.25, 0.3) is 0 Å². The van der Waals surface area contributed by atoms with Crippen LogP contribution in [-0.2, 0) is 25.7 Å². The Bertz CT molecular complexity index is 802. The maximum atomic E-state index is 12.1. The van der Waals surface area contributed by atoms with Crippen molar-refractivity contribution in [3.05, 3.63) is 35.4 Å². The van der Waals surface area contributed by atoms with E-state index in [1.165, 1.54) is 0 Å². The van der Waals surface area contributed by atoms with E-state index in [-0.39, 0.29) is 18.9 Å². The summed E-state index contributed by atoms with van der Waals surface area (Å²) in [5, 5.41) is 11.4. The lowest BCUT2D eigenvalue weighted by molar-refractivity contribution is -0.136. The zero-order chi connectivity index (χ0) is 23.4. The van der Waals surface area contributed by atoms with E-state index in [9.17, 15) is 14.4 Å². The van der Waals surface area contributed by atoms with Gasteiger partial charge in [0.25, 0.3) is 0 Å². The van der Waals surface area contributed by atoms with Crippen LogP contribution in [0.5, 0.6) is 0 Å². The maximum absolute atomic E-state index is 12.1. The molecule has 8 heteroatoms. The standard InChI is InChI=1S/C23H32N2O6/c1-16(19(13-14-20(24)26)25-22(29)31-23(2,3)4)30-15-18-11-9-17(10-12-18)7-5-6-8-21(27)28/h9-12,16,19H,6,8,13-15H2,1-4H3,(H2,24,26)(H,25,29)(H,27,28)/t16-,19+/m1/s1. The van der Waals surface area contributed by atoms with Gasteiger partial charge in [0.05, 0.1) is 25.2 Å². The minimum Gasteiger partial charge on any atom is -0.481 e. The zero-order valence-electron chi connectivity index (χ0n) is 18.6. The number of rotatable bonds is 10. The van der Waals surface area contributed by atoms with Gasteiger partial charge in [0.2, 0.25) is 5.91 Å². The monoisotopic (exact) mass is 432 g/mol. The van der Waals surface area contributed by atoms with Crippen LogP contribution in [0.4, 0.5) is 4.79 Å². The van der Waals surface area contributed by atoms with Crippen molar-refractivity contribution < 1.29 is 29.0 Å². The number of benzene rings is 1. The van der Waals surface area contributed by atoms with Gasteiger partial charge in [-0.1, -0.05) is 24.0 Å². The lowest BCUT2D eigenvalue weighted by Crippen LogP contribution is -2.45. The average Bonchev–Trinajstić information content (AvgIpc) is 2.65. The van der Waals surface area contributed by atoms with Crippen molar-refractivity contribution in [2.75, 3.05) is 0 Å². The van der Waals surface area contributed by atoms with Gasteiger partial charge >= 0.3 is 12.1 Å². The molecule has 0 bridgehead atoms. The number of carbonyl (C=O) groups excluding carboxylic acids is 2. The molecule has 0 aromatic heterocycles. The van der Waals surface area contributed by atoms with Gasteiger partial charge in [0.15, 0.2) is 0 Å². The van der Waals surface area contributed by atoms with E-state index in [2.05, 4.69) is 17.2 Å². The molecule has 0 aliphatic heterocycles. The number of aliphatic carboxylic acids is 1. The van der Waals surface area contributed by atoms with E-state index in [4.69, 9.17) is 20.3 Å². The molecule has 0 aliphatic rings. The van der Waals surface area contributed by atoms with Gasteiger partial charge in [0, 0.05) is 18.4 Å². The second-order valence-corrected chi connectivity index (χ2v) is 8.17. The SMILES string of the molecule is C[C@@H](OCc1ccc(C#CCCC(=O)O)cc1)[C@H](CCC(N)=O)NC(=O)OC(C)(C)C. The molecule has 0 aliphatic carbocycles. The molecule has 2 amide bonds. The third kappa shape index (κ3) is 12.3. The smallest absolute Gasteiger partial charge is 0.407 e. The minimum absolute atomic E-state index is 0.0189. The molecule has 1 rings (SSSR count). The summed E-state index contributed by atoms with van der Waals surface area (Å²) in [7, 11) is 0. The molecule has 31 heavy (non-hydrogen) atoms. The number of nitrogens with two attached hydrogens (primary N) is 1. The van der Waals surface area contributed by atoms with Crippen molar-refractivity contribution in [3.63, 3.8) is 0 Å². The van der Waals surface area contributed by atoms with Crippen LogP contribution in [0.15, 0.2) is 24.3 Å². The number of hydrogen-bond donors (Lipinski definition) is 3. The Morgan fingerprint density at radius 3 is 2.35 bits per heavy atom. The zero-order valence-corrected chi connectivity index (χ0v) is 18.6. The van der Waals surface area contributed by atoms with Crippen LogP contribution in [0, 0.1) is 11.8 Å². The molecule has 0 fully saturated rings. The number of carbonyl (C=O) groups is 3. The summed E-state index contributed by atoms with van der Waals surface area (Å²) >= 11 is 0. The molecule has 0 saturated heterocycles. The van der Waals surface area contributed by atoms with Gasteiger partial charge in [-0.25, -0.2) is 4.79 Å². The highest BCUT2D eigenvalue weighted by molar-refractivity contribution is 5.74. The molecule has 4 N–H and O–H groups in total. The van der Waals surface area contributed by atoms with Crippen molar-refractivity contribution in [1.82, 2.24) is 5.32 Å². The summed E-state index contributed by atoms with van der Waals surface area (Å²) < 4.78 is 11.2. The first-order chi connectivity index (χ1) is 14.5. The Morgan fingerprint density at radius 2 is 1.81 bits per heavy atom. The highest BCUT2D eigenvalue weighted by atomic mass is 16.6. The number of hydrogen-bond acceptors (Lipinski definition) is 5. The molecule has 0 saturated carbocycles. The summed E-state index contributed by atoms with van der Waals surface area (Å²) in [5.74, 6) is 4.42. The first kappa shape index (κ1) is 26.0. The van der Waals surface area contributed by atoms with Gasteiger partial charge < -0.3 is 25.6 Å². The Kier molecular flexibility index (Phi) is 10.6. The Morgan fingerprint density at radius 1 is 1.16 bits per heavy atom. The number of alkyl carbamates (subject to hydrolysis) is 1. The maximum Gasteiger partial charge on any atom is 0.407 e. The third-order valence-electron chi connectivity index (χ3n) is 4.13. The van der Waals surface area contributed by atoms with Crippen LogP contribution in [0.3, 0.4) is 0 Å². The molecular formula is C23H32N2O6. The van der Waals surface area contributed by atoms with Crippen LogP contribution in [0.1, 0.15) is 64.5 Å². The molecule has 0 spiro atoms. The normalized spacial score (nSPS) is 12.8. The van der Waals surface area contributed by atoms with Crippen molar-refractivity contribution >= 4 is 18.0 Å². The van der Waals surface area contributed by atoms with Crippen molar-refractivity contribution in [3.8, 4) is 11.8 Å². The summed E-state index contributed by atoms with van der Waals surface area (Å²) in [5.41, 5.74) is 6.31. The minimum atomic E-state index is -0.869. The average molecular weight is 433 g/mol. The number of carboxylic acids is 1. The fraction of sp³-hybridized carbons (Fsp3) is 0.522. The largest absolute Gasteiger partial charge is 0.481 e. The van der Waals surface area contributed by atoms with E-state index in [0.29, 0.717) is 19.4 Å². The highest BCUT2D eigenvalue weighted by Crippen LogP contribution is 2.13. The highest BCUT2D eigenvalue weighted by Gasteiger charge is 2.24. The predicted octanol–water partition coefficient (Wildman–Crippen LogP) is 2.97. The van der Waals surface area contributed by atoms with E-state index < -0.39 is 29.6 Å². The van der Waals surface area contributed by atoms with Gasteiger partial charge in [-0.3, -0.25) is 9.59 Å². The second-order valence-electron chi connectivity index (χ2n) is 8.17. The number of carboxylic acid groups (broad SMARTS) is 1. The Balaban J connectivity index is 2.64. The van der Waals surface area contributed by atoms with Crippen molar-refractivity contribution in [2.24, 2.45) is 5.73 Å². The summed E-state index contributed by atoms with van der Waals surface area (Å²) in [6, 6.07) is 6.96. The van der Waals surface area contributed by atoms with Gasteiger partial charge in [0.1, 0.15) is 5.60 Å². The quantitative estimate of drug-likeness (QED) is 0.488. The van der Waals surface area contributed by atoms with Gasteiger partial charge in [-0.15, -0.1) is 0 Å². The molecule has 1 aromatic rings. The Hall–Kier alpha value is -3.05. The fourth-order valence-electron chi connectivity index (χ4n) is 2.54. The molecule has 1 aromatic carbocycles. The van der Waals surface area contributed by atoms with Crippen molar-refractivity contribution in [1.29, 1.82) is 0 Å². The second kappa shape index (κ2) is 12.6. The first-order valence-corrected chi connectivity index (χ1v) is 10.2. The van der Waals surface area contributed by atoms with E-state index >= 15 is 0 Å². The van der Waals surface area contributed by atoms with Crippen molar-refractivity contribution in [2.45, 2.75) is 77.7 Å². The first-order valence-electron chi connectivity index (χ1n) is 10.2. The summed E-state index contributed by atoms with van der Waals surface area (Å²) in [6.45, 7) is 7.42. The number of nitrogens with one attached hydrogen (secondary N) is 1. The third-order valence-corrected chi connectivity index (χ3v) is 4.13. The predicted molar refractivity (Wildman–Crippen MR) is 116 cm³/mol. The topological polar surface area (TPSA) is 128 Å².